The second-order valence-corrected chi connectivity index (χ2v) is 5.72. The van der Waals surface area contributed by atoms with E-state index in [0.717, 1.165) is 0 Å². The molecule has 0 spiro atoms. The summed E-state index contributed by atoms with van der Waals surface area (Å²) in [6, 6.07) is 10.0. The number of carbonyl (C=O) groups excluding carboxylic acids is 1. The van der Waals surface area contributed by atoms with Crippen LogP contribution in [0.5, 0.6) is 23.0 Å². The van der Waals surface area contributed by atoms with E-state index in [-0.39, 0.29) is 18.4 Å². The number of methoxy groups -OCH3 is 4. The molecule has 1 aromatic heterocycles. The largest absolute Gasteiger partial charge is 0.497 e. The summed E-state index contributed by atoms with van der Waals surface area (Å²) >= 11 is 0. The quantitative estimate of drug-likeness (QED) is 0.528. The predicted molar refractivity (Wildman–Crippen MR) is 102 cm³/mol. The van der Waals surface area contributed by atoms with Crippen molar-refractivity contribution in [2.24, 2.45) is 0 Å². The highest BCUT2D eigenvalue weighted by molar-refractivity contribution is 5.89. The standard InChI is InChI=1S/C20H20N2O7/c1-24-14-7-5-6-12(8-14)20(23)28-11-17-21-22-19(29-17)13-9-15(25-2)18(27-4)16(10-13)26-3/h5-10H,11H2,1-4H3. The highest BCUT2D eigenvalue weighted by Crippen LogP contribution is 2.40. The molecule has 0 saturated heterocycles. The van der Waals surface area contributed by atoms with Gasteiger partial charge in [-0.1, -0.05) is 6.07 Å². The maximum absolute atomic E-state index is 12.2. The van der Waals surface area contributed by atoms with Crippen LogP contribution in [0.2, 0.25) is 0 Å². The SMILES string of the molecule is COc1cccc(C(=O)OCc2nnc(-c3cc(OC)c(OC)c(OC)c3)o2)c1. The van der Waals surface area contributed by atoms with Crippen molar-refractivity contribution in [2.45, 2.75) is 6.61 Å². The van der Waals surface area contributed by atoms with Gasteiger partial charge in [0.15, 0.2) is 18.1 Å². The van der Waals surface area contributed by atoms with Gasteiger partial charge in [-0.05, 0) is 30.3 Å². The van der Waals surface area contributed by atoms with Gasteiger partial charge in [-0.25, -0.2) is 4.79 Å². The maximum atomic E-state index is 12.2. The summed E-state index contributed by atoms with van der Waals surface area (Å²) in [7, 11) is 6.06. The molecular formula is C20H20N2O7. The summed E-state index contributed by atoms with van der Waals surface area (Å²) in [5.74, 6) is 1.74. The average molecular weight is 400 g/mol. The van der Waals surface area contributed by atoms with E-state index in [4.69, 9.17) is 28.1 Å². The zero-order valence-corrected chi connectivity index (χ0v) is 16.4. The molecule has 0 saturated carbocycles. The minimum Gasteiger partial charge on any atom is -0.497 e. The summed E-state index contributed by atoms with van der Waals surface area (Å²) in [6.07, 6.45) is 0. The van der Waals surface area contributed by atoms with Crippen molar-refractivity contribution in [1.82, 2.24) is 10.2 Å². The number of rotatable bonds is 8. The Morgan fingerprint density at radius 2 is 1.66 bits per heavy atom. The Kier molecular flexibility index (Phi) is 6.18. The molecule has 0 bridgehead atoms. The number of benzene rings is 2. The third kappa shape index (κ3) is 4.40. The normalized spacial score (nSPS) is 10.3. The van der Waals surface area contributed by atoms with E-state index in [1.54, 1.807) is 36.4 Å². The van der Waals surface area contributed by atoms with E-state index in [1.807, 2.05) is 0 Å². The second-order valence-electron chi connectivity index (χ2n) is 5.72. The molecule has 0 aliphatic heterocycles. The molecule has 0 radical (unpaired) electrons. The third-order valence-electron chi connectivity index (χ3n) is 4.01. The van der Waals surface area contributed by atoms with Crippen LogP contribution in [0.1, 0.15) is 16.2 Å². The number of esters is 1. The van der Waals surface area contributed by atoms with Gasteiger partial charge in [0.25, 0.3) is 5.89 Å². The fourth-order valence-electron chi connectivity index (χ4n) is 2.59. The summed E-state index contributed by atoms with van der Waals surface area (Å²) in [4.78, 5) is 12.2. The lowest BCUT2D eigenvalue weighted by Crippen LogP contribution is -2.05. The monoisotopic (exact) mass is 400 g/mol. The molecule has 152 valence electrons. The fraction of sp³-hybridized carbons (Fsp3) is 0.250. The van der Waals surface area contributed by atoms with E-state index in [0.29, 0.717) is 34.1 Å². The topological polar surface area (TPSA) is 102 Å². The Morgan fingerprint density at radius 3 is 2.28 bits per heavy atom. The van der Waals surface area contributed by atoms with E-state index in [9.17, 15) is 4.79 Å². The first-order valence-electron chi connectivity index (χ1n) is 8.53. The van der Waals surface area contributed by atoms with Crippen molar-refractivity contribution < 1.29 is 32.9 Å². The number of ether oxygens (including phenoxy) is 5. The molecule has 3 aromatic rings. The molecule has 2 aromatic carbocycles. The lowest BCUT2D eigenvalue weighted by Gasteiger charge is -2.12. The number of nitrogens with zero attached hydrogens (tertiary/aromatic N) is 2. The highest BCUT2D eigenvalue weighted by Gasteiger charge is 2.18. The van der Waals surface area contributed by atoms with Crippen LogP contribution in [0.25, 0.3) is 11.5 Å². The van der Waals surface area contributed by atoms with E-state index < -0.39 is 5.97 Å². The van der Waals surface area contributed by atoms with Crippen molar-refractivity contribution in [3.05, 3.63) is 47.9 Å². The lowest BCUT2D eigenvalue weighted by atomic mass is 10.2. The number of aromatic nitrogens is 2. The first-order chi connectivity index (χ1) is 14.1. The van der Waals surface area contributed by atoms with Crippen LogP contribution in [0.3, 0.4) is 0 Å². The van der Waals surface area contributed by atoms with E-state index >= 15 is 0 Å². The van der Waals surface area contributed by atoms with Gasteiger partial charge in [0.1, 0.15) is 5.75 Å². The summed E-state index contributed by atoms with van der Waals surface area (Å²) < 4.78 is 31.9. The molecule has 0 amide bonds. The van der Waals surface area contributed by atoms with Gasteiger partial charge in [0.2, 0.25) is 11.6 Å². The minimum atomic E-state index is -0.531. The van der Waals surface area contributed by atoms with Crippen LogP contribution in [-0.2, 0) is 11.3 Å². The molecule has 0 aliphatic rings. The Bertz CT molecular complexity index is 975. The maximum Gasteiger partial charge on any atom is 0.338 e. The summed E-state index contributed by atoms with van der Waals surface area (Å²) in [6.45, 7) is -0.173. The first kappa shape index (κ1) is 20.0. The van der Waals surface area contributed by atoms with Crippen molar-refractivity contribution in [3.8, 4) is 34.5 Å². The average Bonchev–Trinajstić information content (AvgIpc) is 3.25. The molecule has 9 nitrogen and oxygen atoms in total. The predicted octanol–water partition coefficient (Wildman–Crippen LogP) is 3.13. The molecule has 29 heavy (non-hydrogen) atoms. The van der Waals surface area contributed by atoms with Gasteiger partial charge < -0.3 is 28.1 Å². The van der Waals surface area contributed by atoms with E-state index in [2.05, 4.69) is 10.2 Å². The van der Waals surface area contributed by atoms with Crippen molar-refractivity contribution >= 4 is 5.97 Å². The Hall–Kier alpha value is -3.75. The Morgan fingerprint density at radius 1 is 0.931 bits per heavy atom. The van der Waals surface area contributed by atoms with Gasteiger partial charge >= 0.3 is 5.97 Å². The highest BCUT2D eigenvalue weighted by atomic mass is 16.5. The number of hydrogen-bond acceptors (Lipinski definition) is 9. The van der Waals surface area contributed by atoms with Gasteiger partial charge in [0.05, 0.1) is 34.0 Å². The first-order valence-corrected chi connectivity index (χ1v) is 8.53. The van der Waals surface area contributed by atoms with Crippen molar-refractivity contribution in [2.75, 3.05) is 28.4 Å². The lowest BCUT2D eigenvalue weighted by molar-refractivity contribution is 0.0438. The molecular weight excluding hydrogens is 380 g/mol. The fourth-order valence-corrected chi connectivity index (χ4v) is 2.59. The molecule has 0 fully saturated rings. The van der Waals surface area contributed by atoms with Crippen LogP contribution < -0.4 is 18.9 Å². The van der Waals surface area contributed by atoms with Gasteiger partial charge in [-0.2, -0.15) is 0 Å². The second kappa shape index (κ2) is 8.96. The van der Waals surface area contributed by atoms with Gasteiger partial charge in [0, 0.05) is 5.56 Å². The molecule has 1 heterocycles. The summed E-state index contributed by atoms with van der Waals surface area (Å²) in [5.41, 5.74) is 0.922. The van der Waals surface area contributed by atoms with Gasteiger partial charge in [-0.15, -0.1) is 10.2 Å². The van der Waals surface area contributed by atoms with Gasteiger partial charge in [-0.3, -0.25) is 0 Å². The Labute approximate surface area is 167 Å². The van der Waals surface area contributed by atoms with E-state index in [1.165, 1.54) is 28.4 Å². The minimum absolute atomic E-state index is 0.144. The smallest absolute Gasteiger partial charge is 0.338 e. The molecule has 9 heteroatoms. The molecule has 0 unspecified atom stereocenters. The van der Waals surface area contributed by atoms with Crippen LogP contribution in [-0.4, -0.2) is 44.6 Å². The van der Waals surface area contributed by atoms with Crippen molar-refractivity contribution in [1.29, 1.82) is 0 Å². The van der Waals surface area contributed by atoms with Crippen LogP contribution >= 0.6 is 0 Å². The number of hydrogen-bond donors (Lipinski definition) is 0. The van der Waals surface area contributed by atoms with Crippen LogP contribution in [0.4, 0.5) is 0 Å². The molecule has 0 N–H and O–H groups in total. The number of carbonyl (C=O) groups is 1. The molecule has 3 rings (SSSR count). The molecule has 0 aliphatic carbocycles. The van der Waals surface area contributed by atoms with Crippen LogP contribution in [0.15, 0.2) is 40.8 Å². The zero-order valence-electron chi connectivity index (χ0n) is 16.4. The summed E-state index contributed by atoms with van der Waals surface area (Å²) in [5, 5.41) is 7.90. The van der Waals surface area contributed by atoms with Crippen LogP contribution in [0, 0.1) is 0 Å². The molecule has 0 atom stereocenters. The van der Waals surface area contributed by atoms with Crippen molar-refractivity contribution in [3.63, 3.8) is 0 Å². The third-order valence-corrected chi connectivity index (χ3v) is 4.01. The Balaban J connectivity index is 1.75. The zero-order chi connectivity index (χ0) is 20.8.